The Morgan fingerprint density at radius 1 is 1.32 bits per heavy atom. The number of allylic oxidation sites excluding steroid dienone is 1. The highest BCUT2D eigenvalue weighted by Gasteiger charge is 2.73. The van der Waals surface area contributed by atoms with Gasteiger partial charge in [0.1, 0.15) is 11.7 Å². The van der Waals surface area contributed by atoms with Gasteiger partial charge in [0.15, 0.2) is 17.3 Å². The lowest BCUT2D eigenvalue weighted by atomic mass is 9.65. The number of benzene rings is 1. The van der Waals surface area contributed by atoms with Crippen molar-refractivity contribution in [2.75, 3.05) is 21.0 Å². The zero-order valence-electron chi connectivity index (χ0n) is 16.3. The van der Waals surface area contributed by atoms with Gasteiger partial charge in [-0.05, 0) is 30.0 Å². The van der Waals surface area contributed by atoms with Crippen molar-refractivity contribution in [3.63, 3.8) is 0 Å². The molecular weight excluding hydrogens is 364 g/mol. The molecule has 2 fully saturated rings. The Morgan fingerprint density at radius 3 is 2.71 bits per heavy atom. The van der Waals surface area contributed by atoms with Gasteiger partial charge in [0.2, 0.25) is 12.5 Å². The molecule has 1 heterocycles. The molecule has 2 saturated carbocycles. The molecule has 0 radical (unpaired) electrons. The van der Waals surface area contributed by atoms with Crippen LogP contribution in [0.1, 0.15) is 31.2 Å². The van der Waals surface area contributed by atoms with Crippen LogP contribution in [0.2, 0.25) is 0 Å². The van der Waals surface area contributed by atoms with Crippen LogP contribution >= 0.6 is 0 Å². The molecule has 0 saturated heterocycles. The summed E-state index contributed by atoms with van der Waals surface area (Å²) >= 11 is 0. The second-order valence-corrected chi connectivity index (χ2v) is 7.96. The summed E-state index contributed by atoms with van der Waals surface area (Å²) in [6, 6.07) is 3.63. The summed E-state index contributed by atoms with van der Waals surface area (Å²) in [5.74, 6) is 0.588. The molecule has 1 aliphatic heterocycles. The van der Waals surface area contributed by atoms with Crippen LogP contribution in [-0.2, 0) is 9.53 Å². The lowest BCUT2D eigenvalue weighted by molar-refractivity contribution is -0.199. The van der Waals surface area contributed by atoms with Gasteiger partial charge in [0.05, 0.1) is 13.2 Å². The zero-order chi connectivity index (χ0) is 20.3. The smallest absolute Gasteiger partial charge is 0.231 e. The Bertz CT molecular complexity index is 821. The predicted octanol–water partition coefficient (Wildman–Crippen LogP) is 1.80. The van der Waals surface area contributed by atoms with E-state index in [2.05, 4.69) is 6.58 Å². The molecule has 4 rings (SSSR count). The van der Waals surface area contributed by atoms with Crippen molar-refractivity contribution < 1.29 is 34.0 Å². The zero-order valence-corrected chi connectivity index (χ0v) is 16.3. The molecule has 6 unspecified atom stereocenters. The number of carbonyl (C=O) groups excluding carboxylic acids is 1. The van der Waals surface area contributed by atoms with E-state index in [0.717, 1.165) is 5.56 Å². The number of carbonyl (C=O) groups is 1. The maximum absolute atomic E-state index is 12.7. The standard InChI is InChI=1S/C21H26O7/c1-5-6-20-9-13(22)18(23)21(26-4,19(20)24)16(11(20)2)12-7-14(25-3)17-15(8-12)27-10-28-17/h5,7-8,11,16,18-19,23-24H,1,6,9-10H2,2-4H3. The average molecular weight is 390 g/mol. The molecule has 1 aromatic rings. The molecule has 152 valence electrons. The van der Waals surface area contributed by atoms with E-state index in [0.29, 0.717) is 23.7 Å². The number of hydrogen-bond donors (Lipinski definition) is 2. The van der Waals surface area contributed by atoms with Gasteiger partial charge < -0.3 is 29.2 Å². The summed E-state index contributed by atoms with van der Waals surface area (Å²) in [4.78, 5) is 12.7. The van der Waals surface area contributed by atoms with E-state index in [4.69, 9.17) is 18.9 Å². The molecule has 7 nitrogen and oxygen atoms in total. The van der Waals surface area contributed by atoms with E-state index in [-0.39, 0.29) is 24.9 Å². The van der Waals surface area contributed by atoms with Crippen LogP contribution in [0.25, 0.3) is 0 Å². The highest BCUT2D eigenvalue weighted by molar-refractivity contribution is 5.87. The molecule has 0 aromatic heterocycles. The van der Waals surface area contributed by atoms with Gasteiger partial charge in [-0.3, -0.25) is 4.79 Å². The minimum absolute atomic E-state index is 0.0752. The van der Waals surface area contributed by atoms with Gasteiger partial charge in [0.25, 0.3) is 0 Å². The SMILES string of the molecule is C=CCC12CC(=O)C(O)C(OC)(C(c3cc(OC)c4c(c3)OCO4)C1C)C2O. The second-order valence-electron chi connectivity index (χ2n) is 7.96. The number of ether oxygens (including phenoxy) is 4. The molecule has 2 N–H and O–H groups in total. The molecule has 6 atom stereocenters. The molecule has 0 amide bonds. The number of hydrogen-bond acceptors (Lipinski definition) is 7. The number of rotatable bonds is 5. The third kappa shape index (κ3) is 2.18. The van der Waals surface area contributed by atoms with Crippen molar-refractivity contribution in [3.05, 3.63) is 30.4 Å². The molecule has 0 spiro atoms. The monoisotopic (exact) mass is 390 g/mol. The summed E-state index contributed by atoms with van der Waals surface area (Å²) < 4.78 is 22.3. The first-order valence-electron chi connectivity index (χ1n) is 9.39. The van der Waals surface area contributed by atoms with E-state index in [9.17, 15) is 15.0 Å². The number of Topliss-reactive ketones (excluding diaryl/α,β-unsaturated/α-hetero) is 1. The van der Waals surface area contributed by atoms with Gasteiger partial charge in [-0.25, -0.2) is 0 Å². The normalized spacial score (nSPS) is 38.5. The molecule has 2 bridgehead atoms. The third-order valence-electron chi connectivity index (χ3n) is 7.02. The van der Waals surface area contributed by atoms with Crippen molar-refractivity contribution in [1.29, 1.82) is 0 Å². The molecule has 28 heavy (non-hydrogen) atoms. The number of aliphatic hydroxyl groups is 2. The molecule has 2 aliphatic carbocycles. The van der Waals surface area contributed by atoms with Crippen LogP contribution in [0.3, 0.4) is 0 Å². The van der Waals surface area contributed by atoms with Crippen LogP contribution in [0, 0.1) is 11.3 Å². The fourth-order valence-corrected chi connectivity index (χ4v) is 5.71. The van der Waals surface area contributed by atoms with E-state index < -0.39 is 29.1 Å². The summed E-state index contributed by atoms with van der Waals surface area (Å²) in [5, 5.41) is 22.3. The minimum Gasteiger partial charge on any atom is -0.493 e. The summed E-state index contributed by atoms with van der Waals surface area (Å²) in [6.45, 7) is 5.90. The van der Waals surface area contributed by atoms with Crippen LogP contribution < -0.4 is 14.2 Å². The first-order chi connectivity index (χ1) is 13.4. The van der Waals surface area contributed by atoms with Crippen LogP contribution in [0.4, 0.5) is 0 Å². The summed E-state index contributed by atoms with van der Waals surface area (Å²) in [7, 11) is 2.97. The van der Waals surface area contributed by atoms with Crippen molar-refractivity contribution in [2.24, 2.45) is 11.3 Å². The maximum atomic E-state index is 12.7. The summed E-state index contributed by atoms with van der Waals surface area (Å²) in [6.07, 6.45) is -0.236. The van der Waals surface area contributed by atoms with E-state index in [1.807, 2.05) is 19.1 Å². The van der Waals surface area contributed by atoms with Crippen molar-refractivity contribution in [1.82, 2.24) is 0 Å². The van der Waals surface area contributed by atoms with Crippen molar-refractivity contribution >= 4 is 5.78 Å². The molecular formula is C21H26O7. The molecule has 3 aliphatic rings. The summed E-state index contributed by atoms with van der Waals surface area (Å²) in [5.41, 5.74) is -1.46. The van der Waals surface area contributed by atoms with E-state index in [1.54, 1.807) is 6.08 Å². The Hall–Kier alpha value is -2.09. The average Bonchev–Trinajstić information content (AvgIpc) is 3.21. The van der Waals surface area contributed by atoms with Gasteiger partial charge in [-0.2, -0.15) is 0 Å². The fourth-order valence-electron chi connectivity index (χ4n) is 5.71. The number of fused-ring (bicyclic) bond motifs is 3. The number of aliphatic hydroxyl groups excluding tert-OH is 2. The molecule has 1 aromatic carbocycles. The quantitative estimate of drug-likeness (QED) is 0.741. The number of ketones is 1. The largest absolute Gasteiger partial charge is 0.493 e. The Labute approximate surface area is 163 Å². The third-order valence-corrected chi connectivity index (χ3v) is 7.02. The Balaban J connectivity index is 1.93. The van der Waals surface area contributed by atoms with Crippen LogP contribution in [0.15, 0.2) is 24.8 Å². The molecule has 7 heteroatoms. The lowest BCUT2D eigenvalue weighted by Gasteiger charge is -2.46. The fraction of sp³-hybridized carbons (Fsp3) is 0.571. The van der Waals surface area contributed by atoms with Gasteiger partial charge in [-0.15, -0.1) is 6.58 Å². The maximum Gasteiger partial charge on any atom is 0.231 e. The minimum atomic E-state index is -1.46. The predicted molar refractivity (Wildman–Crippen MR) is 99.6 cm³/mol. The number of methoxy groups -OCH3 is 2. The van der Waals surface area contributed by atoms with Gasteiger partial charge in [-0.1, -0.05) is 13.0 Å². The second kappa shape index (κ2) is 6.47. The van der Waals surface area contributed by atoms with E-state index in [1.165, 1.54) is 14.2 Å². The highest BCUT2D eigenvalue weighted by Crippen LogP contribution is 2.65. The van der Waals surface area contributed by atoms with Crippen LogP contribution in [-0.4, -0.2) is 54.8 Å². The van der Waals surface area contributed by atoms with E-state index >= 15 is 0 Å². The van der Waals surface area contributed by atoms with Crippen molar-refractivity contribution in [3.8, 4) is 17.2 Å². The Kier molecular flexibility index (Phi) is 4.45. The van der Waals surface area contributed by atoms with Gasteiger partial charge in [0, 0.05) is 24.9 Å². The first-order valence-corrected chi connectivity index (χ1v) is 9.39. The van der Waals surface area contributed by atoms with Crippen molar-refractivity contribution in [2.45, 2.75) is 43.5 Å². The first kappa shape index (κ1) is 19.2. The van der Waals surface area contributed by atoms with Crippen LogP contribution in [0.5, 0.6) is 17.2 Å². The topological polar surface area (TPSA) is 94.5 Å². The lowest BCUT2D eigenvalue weighted by Crippen LogP contribution is -2.63. The Morgan fingerprint density at radius 2 is 2.07 bits per heavy atom. The van der Waals surface area contributed by atoms with Gasteiger partial charge >= 0.3 is 0 Å². The highest BCUT2D eigenvalue weighted by atomic mass is 16.7.